The van der Waals surface area contributed by atoms with Crippen LogP contribution in [0.2, 0.25) is 45.3 Å². The molecule has 0 bridgehead atoms. The van der Waals surface area contributed by atoms with E-state index in [4.69, 9.17) is 0 Å². The quantitative estimate of drug-likeness (QED) is 0.660. The molecule has 0 radical (unpaired) electrons. The zero-order valence-corrected chi connectivity index (χ0v) is 14.0. The molecule has 0 unspecified atom stereocenters. The van der Waals surface area contributed by atoms with Crippen molar-refractivity contribution in [3.8, 4) is 0 Å². The summed E-state index contributed by atoms with van der Waals surface area (Å²) in [5.41, 5.74) is 0. The van der Waals surface area contributed by atoms with E-state index in [1.165, 1.54) is 12.5 Å². The van der Waals surface area contributed by atoms with Gasteiger partial charge >= 0.3 is 0 Å². The molecule has 0 N–H and O–H groups in total. The predicted molar refractivity (Wildman–Crippen MR) is 72.2 cm³/mol. The Hall–Kier alpha value is 0.611. The van der Waals surface area contributed by atoms with Gasteiger partial charge in [-0.1, -0.05) is 58.7 Å². The van der Waals surface area contributed by atoms with Crippen molar-refractivity contribution in [3.05, 3.63) is 0 Å². The summed E-state index contributed by atoms with van der Waals surface area (Å²) >= 11 is 0. The van der Waals surface area contributed by atoms with Crippen molar-refractivity contribution in [2.75, 3.05) is 0 Å². The van der Waals surface area contributed by atoms with Crippen LogP contribution >= 0.6 is 0 Å². The molecule has 0 aromatic carbocycles. The number of hydrogen-bond donors (Lipinski definition) is 0. The number of nitrogens with zero attached hydrogens (tertiary/aromatic N) is 1. The minimum Gasteiger partial charge on any atom is -0.373 e. The van der Waals surface area contributed by atoms with Crippen molar-refractivity contribution in [2.24, 2.45) is 0 Å². The average molecular weight is 234 g/mol. The molecule has 80 valence electrons. The molecule has 4 heteroatoms. The first-order valence-electron chi connectivity index (χ1n) is 5.47. The van der Waals surface area contributed by atoms with E-state index in [9.17, 15) is 0 Å². The van der Waals surface area contributed by atoms with E-state index in [1.54, 1.807) is 0 Å². The lowest BCUT2D eigenvalue weighted by Gasteiger charge is -2.44. The first-order chi connectivity index (χ1) is 5.69. The van der Waals surface area contributed by atoms with Crippen LogP contribution in [0.1, 0.15) is 13.3 Å². The van der Waals surface area contributed by atoms with E-state index in [-0.39, 0.29) is 9.68 Å². The van der Waals surface area contributed by atoms with Gasteiger partial charge in [0.1, 0.15) is 16.5 Å². The van der Waals surface area contributed by atoms with Gasteiger partial charge < -0.3 is 3.90 Å². The molecule has 0 aromatic rings. The fraction of sp³-hybridized carbons (Fsp3) is 1.00. The van der Waals surface area contributed by atoms with Gasteiger partial charge in [0.2, 0.25) is 0 Å². The summed E-state index contributed by atoms with van der Waals surface area (Å²) < 4.78 is 3.00. The van der Waals surface area contributed by atoms with E-state index >= 15 is 0 Å². The smallest absolute Gasteiger partial charge is 0.105 e. The Morgan fingerprint density at radius 2 is 1.31 bits per heavy atom. The third kappa shape index (κ3) is 5.15. The molecule has 0 aromatic heterocycles. The second kappa shape index (κ2) is 4.91. The Kier molecular flexibility index (Phi) is 5.14. The maximum atomic E-state index is 3.00. The molecule has 0 rings (SSSR count). The molecular formula is C9H27NSi3. The highest BCUT2D eigenvalue weighted by atomic mass is 28.5. The summed E-state index contributed by atoms with van der Waals surface area (Å²) in [5.74, 6) is 0. The van der Waals surface area contributed by atoms with Crippen molar-refractivity contribution in [3.63, 3.8) is 0 Å². The van der Waals surface area contributed by atoms with E-state index in [1.807, 2.05) is 0 Å². The van der Waals surface area contributed by atoms with Crippen molar-refractivity contribution < 1.29 is 0 Å². The summed E-state index contributed by atoms with van der Waals surface area (Å²) in [6, 6.07) is 1.51. The van der Waals surface area contributed by atoms with Crippen LogP contribution in [0, 0.1) is 0 Å². The van der Waals surface area contributed by atoms with Gasteiger partial charge in [0, 0.05) is 0 Å². The Balaban J connectivity index is 4.39. The molecule has 0 aliphatic carbocycles. The van der Waals surface area contributed by atoms with Crippen LogP contribution in [-0.4, -0.2) is 30.0 Å². The topological polar surface area (TPSA) is 3.24 Å². The zero-order chi connectivity index (χ0) is 10.7. The number of hydrogen-bond acceptors (Lipinski definition) is 1. The molecule has 0 aliphatic heterocycles. The second-order valence-electron chi connectivity index (χ2n) is 5.85. The third-order valence-corrected chi connectivity index (χ3v) is 18.1. The largest absolute Gasteiger partial charge is 0.373 e. The van der Waals surface area contributed by atoms with Crippen LogP contribution in [0.5, 0.6) is 0 Å². The van der Waals surface area contributed by atoms with Gasteiger partial charge in [0.25, 0.3) is 0 Å². The lowest BCUT2D eigenvalue weighted by atomic mass is 10.6. The molecule has 0 spiro atoms. The maximum Gasteiger partial charge on any atom is 0.105 e. The molecule has 0 aliphatic rings. The fourth-order valence-electron chi connectivity index (χ4n) is 1.99. The molecule has 0 amide bonds. The SMILES string of the molecule is CCC[SiH2]N([Si](C)(C)C)[Si](C)(C)C. The maximum absolute atomic E-state index is 3.00. The third-order valence-electron chi connectivity index (χ3n) is 2.35. The summed E-state index contributed by atoms with van der Waals surface area (Å²) in [7, 11) is -1.93. The minimum absolute atomic E-state index is 0.0737. The predicted octanol–water partition coefficient (Wildman–Crippen LogP) is 2.87. The van der Waals surface area contributed by atoms with Gasteiger partial charge in [-0.15, -0.1) is 0 Å². The van der Waals surface area contributed by atoms with Crippen molar-refractivity contribution in [1.29, 1.82) is 0 Å². The first-order valence-corrected chi connectivity index (χ1v) is 14.0. The average Bonchev–Trinajstić information content (AvgIpc) is 1.81. The summed E-state index contributed by atoms with van der Waals surface area (Å²) in [5, 5.41) is 0. The summed E-state index contributed by atoms with van der Waals surface area (Å²) in [6.07, 6.45) is 1.39. The second-order valence-corrected chi connectivity index (χ2v) is 19.1. The van der Waals surface area contributed by atoms with E-state index in [2.05, 4.69) is 50.1 Å². The van der Waals surface area contributed by atoms with Gasteiger partial charge in [0.15, 0.2) is 0 Å². The molecular weight excluding hydrogens is 206 g/mol. The van der Waals surface area contributed by atoms with Crippen LogP contribution in [-0.2, 0) is 0 Å². The normalized spacial score (nSPS) is 14.8. The molecule has 0 fully saturated rings. The standard InChI is InChI=1S/C9H27NSi3/c1-8-9-11-10(12(2,3)4)13(5,6)7/h8-9,11H2,1-7H3. The first kappa shape index (κ1) is 13.6. The molecule has 13 heavy (non-hydrogen) atoms. The monoisotopic (exact) mass is 233 g/mol. The van der Waals surface area contributed by atoms with Crippen LogP contribution < -0.4 is 0 Å². The Morgan fingerprint density at radius 1 is 0.923 bits per heavy atom. The molecule has 0 atom stereocenters. The van der Waals surface area contributed by atoms with E-state index in [0.717, 1.165) is 0 Å². The van der Waals surface area contributed by atoms with E-state index < -0.39 is 16.5 Å². The van der Waals surface area contributed by atoms with Crippen LogP contribution in [0.3, 0.4) is 0 Å². The molecule has 1 nitrogen and oxygen atoms in total. The van der Waals surface area contributed by atoms with Crippen molar-refractivity contribution in [2.45, 2.75) is 58.7 Å². The van der Waals surface area contributed by atoms with Gasteiger partial charge in [-0.25, -0.2) is 0 Å². The zero-order valence-electron chi connectivity index (χ0n) is 10.6. The molecule has 0 heterocycles. The lowest BCUT2D eigenvalue weighted by Crippen LogP contribution is -2.60. The summed E-state index contributed by atoms with van der Waals surface area (Å²) in [4.78, 5) is 0. The summed E-state index contributed by atoms with van der Waals surface area (Å²) in [6.45, 7) is 17.4. The fourth-order valence-corrected chi connectivity index (χ4v) is 17.0. The highest BCUT2D eigenvalue weighted by Crippen LogP contribution is 2.19. The van der Waals surface area contributed by atoms with Gasteiger partial charge in [-0.2, -0.15) is 0 Å². The van der Waals surface area contributed by atoms with Gasteiger partial charge in [0.05, 0.1) is 9.68 Å². The lowest BCUT2D eigenvalue weighted by molar-refractivity contribution is 0.918. The minimum atomic E-state index is -1.00. The Labute approximate surface area is 89.0 Å². The molecule has 0 saturated heterocycles. The van der Waals surface area contributed by atoms with Crippen molar-refractivity contribution >= 4 is 26.2 Å². The van der Waals surface area contributed by atoms with Crippen LogP contribution in [0.4, 0.5) is 0 Å². The highest BCUT2D eigenvalue weighted by molar-refractivity contribution is 6.96. The van der Waals surface area contributed by atoms with Gasteiger partial charge in [-0.3, -0.25) is 0 Å². The number of rotatable bonds is 5. The molecule has 0 saturated carbocycles. The Morgan fingerprint density at radius 3 is 1.54 bits per heavy atom. The van der Waals surface area contributed by atoms with Crippen LogP contribution in [0.15, 0.2) is 0 Å². The van der Waals surface area contributed by atoms with E-state index in [0.29, 0.717) is 0 Å². The van der Waals surface area contributed by atoms with Crippen molar-refractivity contribution in [1.82, 2.24) is 3.90 Å². The van der Waals surface area contributed by atoms with Crippen LogP contribution in [0.25, 0.3) is 0 Å². The highest BCUT2D eigenvalue weighted by Gasteiger charge is 2.32. The van der Waals surface area contributed by atoms with Gasteiger partial charge in [-0.05, 0) is 0 Å². The Bertz CT molecular complexity index is 132.